The highest BCUT2D eigenvalue weighted by atomic mass is 16.5. The van der Waals surface area contributed by atoms with Crippen molar-refractivity contribution in [1.29, 1.82) is 0 Å². The summed E-state index contributed by atoms with van der Waals surface area (Å²) in [5, 5.41) is 6.22. The van der Waals surface area contributed by atoms with Gasteiger partial charge in [0.25, 0.3) is 0 Å². The van der Waals surface area contributed by atoms with Gasteiger partial charge < -0.3 is 5.32 Å². The van der Waals surface area contributed by atoms with E-state index >= 15 is 0 Å². The summed E-state index contributed by atoms with van der Waals surface area (Å²) in [7, 11) is 0. The highest BCUT2D eigenvalue weighted by Crippen LogP contribution is 2.16. The van der Waals surface area contributed by atoms with Crippen molar-refractivity contribution < 1.29 is 9.32 Å². The Morgan fingerprint density at radius 2 is 2.29 bits per heavy atom. The molecule has 0 aliphatic heterocycles. The van der Waals surface area contributed by atoms with Crippen LogP contribution in [0.5, 0.6) is 0 Å². The van der Waals surface area contributed by atoms with Crippen LogP contribution in [-0.2, 0) is 10.2 Å². The van der Waals surface area contributed by atoms with Gasteiger partial charge in [-0.2, -0.15) is 0 Å². The number of hydrogen-bond donors (Lipinski definition) is 2. The molecule has 0 aliphatic carbocycles. The molecular weight excluding hydrogens is 186 g/mol. The fourth-order valence-electron chi connectivity index (χ4n) is 0.951. The summed E-state index contributed by atoms with van der Waals surface area (Å²) in [5.74, 6) is -0.281. The van der Waals surface area contributed by atoms with Crippen LogP contribution in [0.1, 0.15) is 26.6 Å². The van der Waals surface area contributed by atoms with Crippen LogP contribution in [-0.4, -0.2) is 22.6 Å². The number of hydrogen-bond acceptors (Lipinski definition) is 4. The number of carbonyl (C=O) groups excluding carboxylic acids is 1. The summed E-state index contributed by atoms with van der Waals surface area (Å²) in [5.41, 5.74) is -0.447. The maximum absolute atomic E-state index is 10.7. The van der Waals surface area contributed by atoms with Crippen molar-refractivity contribution in [2.45, 2.75) is 26.2 Å². The van der Waals surface area contributed by atoms with Gasteiger partial charge in [0.1, 0.15) is 0 Å². The van der Waals surface area contributed by atoms with Crippen LogP contribution in [0.25, 0.3) is 0 Å². The largest absolute Gasteiger partial charge is 0.438 e. The molecule has 14 heavy (non-hydrogen) atoms. The lowest BCUT2D eigenvalue weighted by Gasteiger charge is -2.20. The van der Waals surface area contributed by atoms with Gasteiger partial charge in [-0.05, 0) is 0 Å². The van der Waals surface area contributed by atoms with E-state index in [0.717, 1.165) is 0 Å². The molecule has 2 N–H and O–H groups in total. The Hall–Kier alpha value is -1.59. The van der Waals surface area contributed by atoms with Gasteiger partial charge in [-0.25, -0.2) is 4.79 Å². The van der Waals surface area contributed by atoms with Crippen molar-refractivity contribution in [3.63, 3.8) is 0 Å². The molecule has 78 valence electrons. The molecule has 0 spiro atoms. The molecule has 0 atom stereocenters. The lowest BCUT2D eigenvalue weighted by molar-refractivity contribution is -0.119. The summed E-state index contributed by atoms with van der Waals surface area (Å²) >= 11 is 0. The second-order valence-corrected chi connectivity index (χ2v) is 3.74. The first-order valence-corrected chi connectivity index (χ1v) is 4.23. The van der Waals surface area contributed by atoms with Crippen molar-refractivity contribution in [3.8, 4) is 0 Å². The van der Waals surface area contributed by atoms with Crippen molar-refractivity contribution in [1.82, 2.24) is 15.5 Å². The van der Waals surface area contributed by atoms with Crippen LogP contribution in [0.2, 0.25) is 0 Å². The molecular formula is C8H13N3O3. The zero-order valence-electron chi connectivity index (χ0n) is 8.38. The van der Waals surface area contributed by atoms with Crippen molar-refractivity contribution in [3.05, 3.63) is 16.4 Å². The minimum atomic E-state index is -0.587. The highest BCUT2D eigenvalue weighted by molar-refractivity contribution is 5.72. The first kappa shape index (κ1) is 10.5. The van der Waals surface area contributed by atoms with E-state index < -0.39 is 11.2 Å². The fourth-order valence-corrected chi connectivity index (χ4v) is 0.951. The van der Waals surface area contributed by atoms with Gasteiger partial charge in [-0.15, -0.1) is 0 Å². The van der Waals surface area contributed by atoms with Crippen LogP contribution in [0, 0.1) is 0 Å². The first-order valence-electron chi connectivity index (χ1n) is 4.23. The third kappa shape index (κ3) is 2.45. The number of nitrogens with one attached hydrogen (secondary N) is 2. The van der Waals surface area contributed by atoms with E-state index in [1.807, 2.05) is 13.8 Å². The quantitative estimate of drug-likeness (QED) is 0.704. The number of H-pyrrole nitrogens is 1. The third-order valence-electron chi connectivity index (χ3n) is 1.86. The van der Waals surface area contributed by atoms with E-state index in [0.29, 0.717) is 12.4 Å². The van der Waals surface area contributed by atoms with Crippen molar-refractivity contribution in [2.75, 3.05) is 6.54 Å². The molecule has 1 aromatic rings. The van der Waals surface area contributed by atoms with Crippen LogP contribution in [0.4, 0.5) is 0 Å². The van der Waals surface area contributed by atoms with E-state index in [2.05, 4.69) is 20.0 Å². The number of aromatic amines is 1. The minimum Gasteiger partial charge on any atom is -0.355 e. The zero-order chi connectivity index (χ0) is 10.8. The second kappa shape index (κ2) is 3.65. The summed E-state index contributed by atoms with van der Waals surface area (Å²) < 4.78 is 4.38. The van der Waals surface area contributed by atoms with Gasteiger partial charge >= 0.3 is 5.76 Å². The molecule has 0 saturated carbocycles. The van der Waals surface area contributed by atoms with Gasteiger partial charge in [-0.1, -0.05) is 19.0 Å². The van der Waals surface area contributed by atoms with Gasteiger partial charge in [0.05, 0.1) is 0 Å². The molecule has 0 aliphatic rings. The number of rotatable bonds is 3. The number of amides is 1. The molecule has 6 nitrogen and oxygen atoms in total. The third-order valence-corrected chi connectivity index (χ3v) is 1.86. The standard InChI is InChI=1S/C8H13N3O3/c1-5(12)9-4-8(2,3)6-10-7(13)14-11-6/h4H2,1-3H3,(H,9,12)(H,10,11,13). The lowest BCUT2D eigenvalue weighted by atomic mass is 9.92. The summed E-state index contributed by atoms with van der Waals surface area (Å²) in [4.78, 5) is 23.9. The smallest absolute Gasteiger partial charge is 0.355 e. The normalized spacial score (nSPS) is 11.4. The Labute approximate surface area is 80.7 Å². The van der Waals surface area contributed by atoms with E-state index in [4.69, 9.17) is 0 Å². The molecule has 0 saturated heterocycles. The van der Waals surface area contributed by atoms with E-state index in [9.17, 15) is 9.59 Å². The molecule has 0 fully saturated rings. The molecule has 0 unspecified atom stereocenters. The Morgan fingerprint density at radius 1 is 1.64 bits per heavy atom. The van der Waals surface area contributed by atoms with E-state index in [-0.39, 0.29) is 5.91 Å². The summed E-state index contributed by atoms with van der Waals surface area (Å²) in [6.07, 6.45) is 0. The predicted molar refractivity (Wildman–Crippen MR) is 48.8 cm³/mol. The first-order chi connectivity index (χ1) is 6.42. The van der Waals surface area contributed by atoms with E-state index in [1.54, 1.807) is 0 Å². The number of carbonyl (C=O) groups is 1. The molecule has 1 amide bonds. The van der Waals surface area contributed by atoms with Gasteiger partial charge in [0, 0.05) is 18.9 Å². The Morgan fingerprint density at radius 3 is 2.71 bits per heavy atom. The van der Waals surface area contributed by atoms with Crippen LogP contribution in [0.15, 0.2) is 9.32 Å². The van der Waals surface area contributed by atoms with Crippen LogP contribution in [0.3, 0.4) is 0 Å². The Kier molecular flexibility index (Phi) is 2.73. The number of aromatic nitrogens is 2. The highest BCUT2D eigenvalue weighted by Gasteiger charge is 2.25. The minimum absolute atomic E-state index is 0.121. The van der Waals surface area contributed by atoms with Crippen LogP contribution < -0.4 is 11.1 Å². The molecule has 6 heteroatoms. The Bertz CT molecular complexity index is 377. The number of nitrogens with zero attached hydrogens (tertiary/aromatic N) is 1. The molecule has 0 aromatic carbocycles. The average molecular weight is 199 g/mol. The SMILES string of the molecule is CC(=O)NCC(C)(C)c1noc(=O)[nH]1. The van der Waals surface area contributed by atoms with E-state index in [1.165, 1.54) is 6.92 Å². The summed E-state index contributed by atoms with van der Waals surface area (Å²) in [6, 6.07) is 0. The van der Waals surface area contributed by atoms with Gasteiger partial charge in [-0.3, -0.25) is 14.3 Å². The lowest BCUT2D eigenvalue weighted by Crippen LogP contribution is -2.36. The Balaban J connectivity index is 2.74. The monoisotopic (exact) mass is 199 g/mol. The molecule has 0 bridgehead atoms. The maximum Gasteiger partial charge on any atom is 0.438 e. The molecule has 0 radical (unpaired) electrons. The van der Waals surface area contributed by atoms with Gasteiger partial charge in [0.2, 0.25) is 5.91 Å². The van der Waals surface area contributed by atoms with Gasteiger partial charge in [0.15, 0.2) is 5.82 Å². The van der Waals surface area contributed by atoms with Crippen LogP contribution >= 0.6 is 0 Å². The molecule has 1 rings (SSSR count). The van der Waals surface area contributed by atoms with Crippen molar-refractivity contribution in [2.24, 2.45) is 0 Å². The summed E-state index contributed by atoms with van der Waals surface area (Å²) in [6.45, 7) is 5.51. The zero-order valence-corrected chi connectivity index (χ0v) is 8.38. The predicted octanol–water partition coefficient (Wildman–Crippen LogP) is -0.223. The average Bonchev–Trinajstić information content (AvgIpc) is 2.49. The maximum atomic E-state index is 10.7. The van der Waals surface area contributed by atoms with Crippen molar-refractivity contribution >= 4 is 5.91 Å². The second-order valence-electron chi connectivity index (χ2n) is 3.74. The fraction of sp³-hybridized carbons (Fsp3) is 0.625. The topological polar surface area (TPSA) is 88.0 Å². The molecule has 1 heterocycles. The molecule has 1 aromatic heterocycles.